The van der Waals surface area contributed by atoms with Crippen LogP contribution in [0.1, 0.15) is 26.3 Å². The molecular formula is C76H58N4OSi+2. The van der Waals surface area contributed by atoms with Crippen LogP contribution < -0.4 is 34.6 Å². The fraction of sp³-hybridized carbons (Fsp3) is 0.0526. The summed E-state index contributed by atoms with van der Waals surface area (Å²) in [5, 5.41) is 7.59. The van der Waals surface area contributed by atoms with Gasteiger partial charge in [0.05, 0.1) is 22.7 Å². The number of para-hydroxylation sites is 2. The van der Waals surface area contributed by atoms with Crippen molar-refractivity contribution < 1.29 is 4.74 Å². The molecule has 0 amide bonds. The normalized spacial score (nSPS) is 12.3. The number of rotatable bonds is 12. The van der Waals surface area contributed by atoms with Gasteiger partial charge < -0.3 is 4.74 Å². The molecule has 0 saturated carbocycles. The van der Waals surface area contributed by atoms with Gasteiger partial charge in [-0.05, 0) is 106 Å². The highest BCUT2D eigenvalue weighted by molar-refractivity contribution is 7.20. The van der Waals surface area contributed by atoms with Crippen molar-refractivity contribution in [3.05, 3.63) is 303 Å². The summed E-state index contributed by atoms with van der Waals surface area (Å²) in [5.41, 5.74) is 14.1. The Morgan fingerprint density at radius 3 is 1.56 bits per heavy atom. The molecule has 390 valence electrons. The third-order valence-corrected chi connectivity index (χ3v) is 20.9. The average molecular weight is 1070 g/mol. The lowest BCUT2D eigenvalue weighted by molar-refractivity contribution is 0.483. The number of nitrogens with zero attached hydrogens (tertiary/aromatic N) is 4. The quantitative estimate of drug-likeness (QED) is 0.0694. The van der Waals surface area contributed by atoms with Crippen LogP contribution >= 0.6 is 0 Å². The van der Waals surface area contributed by atoms with Gasteiger partial charge in [-0.3, -0.25) is 4.57 Å². The van der Waals surface area contributed by atoms with Gasteiger partial charge in [0.1, 0.15) is 17.3 Å². The molecule has 0 N–H and O–H groups in total. The summed E-state index contributed by atoms with van der Waals surface area (Å²) in [5.74, 6) is 2.29. The lowest BCUT2D eigenvalue weighted by Crippen LogP contribution is -2.74. The van der Waals surface area contributed by atoms with Crippen molar-refractivity contribution in [1.82, 2.24) is 18.7 Å². The van der Waals surface area contributed by atoms with Crippen LogP contribution in [0, 0.1) is 0 Å². The maximum absolute atomic E-state index is 7.03. The lowest BCUT2D eigenvalue weighted by atomic mass is 9.86. The van der Waals surface area contributed by atoms with E-state index in [-0.39, 0.29) is 5.41 Å². The van der Waals surface area contributed by atoms with E-state index in [0.717, 1.165) is 89.5 Å². The molecule has 5 nitrogen and oxygen atoms in total. The minimum Gasteiger partial charge on any atom is -0.457 e. The van der Waals surface area contributed by atoms with Gasteiger partial charge in [-0.25, -0.2) is 4.98 Å². The van der Waals surface area contributed by atoms with E-state index in [1.165, 1.54) is 26.3 Å². The van der Waals surface area contributed by atoms with Crippen molar-refractivity contribution in [2.45, 2.75) is 26.2 Å². The van der Waals surface area contributed by atoms with Gasteiger partial charge in [0.15, 0.2) is 8.07 Å². The fourth-order valence-corrected chi connectivity index (χ4v) is 17.1. The number of hydrogen-bond donors (Lipinski definition) is 0. The van der Waals surface area contributed by atoms with Crippen molar-refractivity contribution in [1.29, 1.82) is 0 Å². The molecule has 6 heteroatoms. The van der Waals surface area contributed by atoms with Crippen LogP contribution in [-0.2, 0) is 5.41 Å². The van der Waals surface area contributed by atoms with Crippen molar-refractivity contribution in [3.8, 4) is 50.7 Å². The molecule has 2 aromatic heterocycles. The molecule has 11 aromatic carbocycles. The van der Waals surface area contributed by atoms with Gasteiger partial charge in [-0.2, -0.15) is 0 Å². The van der Waals surface area contributed by atoms with Gasteiger partial charge in [-0.1, -0.05) is 233 Å². The van der Waals surface area contributed by atoms with E-state index in [1.807, 2.05) is 12.3 Å². The minimum atomic E-state index is -2.85. The second-order valence-electron chi connectivity index (χ2n) is 22.1. The smallest absolute Gasteiger partial charge is 0.457 e. The van der Waals surface area contributed by atoms with Crippen LogP contribution in [0.4, 0.5) is 22.7 Å². The first kappa shape index (κ1) is 50.0. The summed E-state index contributed by atoms with van der Waals surface area (Å²) >= 11 is 0. The highest BCUT2D eigenvalue weighted by Gasteiger charge is 2.43. The summed E-state index contributed by atoms with van der Waals surface area (Å²) in [6.07, 6.45) is 1.95. The molecule has 3 heterocycles. The predicted molar refractivity (Wildman–Crippen MR) is 345 cm³/mol. The zero-order chi connectivity index (χ0) is 55.2. The summed E-state index contributed by atoms with van der Waals surface area (Å²) in [6, 6.07) is 109. The van der Waals surface area contributed by atoms with Crippen LogP contribution in [0.15, 0.2) is 297 Å². The van der Waals surface area contributed by atoms with Crippen molar-refractivity contribution >= 4 is 79.4 Å². The Kier molecular flexibility index (Phi) is 12.7. The molecule has 82 heavy (non-hydrogen) atoms. The number of benzene rings is 11. The van der Waals surface area contributed by atoms with E-state index < -0.39 is 8.07 Å². The molecule has 0 radical (unpaired) electrons. The molecule has 0 saturated heterocycles. The molecule has 0 fully saturated rings. The Labute approximate surface area is 480 Å². The first-order valence-electron chi connectivity index (χ1n) is 28.1. The molecule has 0 aliphatic carbocycles. The second kappa shape index (κ2) is 20.8. The largest absolute Gasteiger partial charge is 0.503 e. The summed E-state index contributed by atoms with van der Waals surface area (Å²) in [6.45, 7) is 6.77. The third kappa shape index (κ3) is 8.79. The Bertz CT molecular complexity index is 4430. The third-order valence-electron chi connectivity index (χ3n) is 16.1. The van der Waals surface area contributed by atoms with E-state index in [2.05, 4.69) is 326 Å². The molecule has 0 bridgehead atoms. The van der Waals surface area contributed by atoms with Gasteiger partial charge in [0.25, 0.3) is 5.69 Å². The zero-order valence-electron chi connectivity index (χ0n) is 46.0. The standard InChI is InChI=1S/C76H58N4OSi/c1-76(2,3)56-47-48-77-73(49-56)80-70-46-44-64(82(61-33-16-7-17-34-61,62-35-18-8-19-36-62)63-37-20-9-21-38-63)52-69(70)67-45-43-60(51-72(67)80)81-59-32-22-31-58(50-59)78-53-79(57-29-14-6-15-30-57)75-68(41-24-42-71(75)78)74-65(54-25-10-4-11-26-54)39-23-40-66(74)55-27-12-5-13-28-55/h4-52H,1-3H3/q+2. The molecule has 1 aliphatic heterocycles. The van der Waals surface area contributed by atoms with Crippen molar-refractivity contribution in [3.63, 3.8) is 0 Å². The van der Waals surface area contributed by atoms with Crippen LogP contribution in [0.2, 0.25) is 0 Å². The summed E-state index contributed by atoms with van der Waals surface area (Å²) in [7, 11) is -2.85. The Hall–Kier alpha value is -10.2. The zero-order valence-corrected chi connectivity index (χ0v) is 47.0. The summed E-state index contributed by atoms with van der Waals surface area (Å²) < 4.78 is 13.7. The second-order valence-corrected chi connectivity index (χ2v) is 25.9. The monoisotopic (exact) mass is 1070 g/mol. The summed E-state index contributed by atoms with van der Waals surface area (Å²) in [4.78, 5) is 5.11. The first-order chi connectivity index (χ1) is 40.3. The molecule has 0 atom stereocenters. The Balaban J connectivity index is 0.916. The van der Waals surface area contributed by atoms with Crippen molar-refractivity contribution in [2.75, 3.05) is 0 Å². The van der Waals surface area contributed by atoms with Gasteiger partial charge in [0.2, 0.25) is 11.4 Å². The number of ether oxygens (including phenoxy) is 1. The molecule has 13 aromatic rings. The molecular weight excluding hydrogens is 1010 g/mol. The van der Waals surface area contributed by atoms with E-state index in [1.54, 1.807) is 0 Å². The van der Waals surface area contributed by atoms with E-state index >= 15 is 0 Å². The topological polar surface area (TPSA) is 33.1 Å². The van der Waals surface area contributed by atoms with Gasteiger partial charge in [0, 0.05) is 52.9 Å². The number of pyridine rings is 1. The van der Waals surface area contributed by atoms with Crippen molar-refractivity contribution in [2.24, 2.45) is 0 Å². The van der Waals surface area contributed by atoms with E-state index in [9.17, 15) is 0 Å². The van der Waals surface area contributed by atoms with Gasteiger partial charge in [-0.15, -0.1) is 0 Å². The van der Waals surface area contributed by atoms with E-state index in [0.29, 0.717) is 5.75 Å². The van der Waals surface area contributed by atoms with Crippen LogP contribution in [0.25, 0.3) is 61.0 Å². The Morgan fingerprint density at radius 2 is 0.951 bits per heavy atom. The van der Waals surface area contributed by atoms with E-state index in [4.69, 9.17) is 9.72 Å². The average Bonchev–Trinajstić information content (AvgIpc) is 3.16. The van der Waals surface area contributed by atoms with Crippen LogP contribution in [0.3, 0.4) is 0 Å². The van der Waals surface area contributed by atoms with Crippen LogP contribution in [0.5, 0.6) is 11.5 Å². The van der Waals surface area contributed by atoms with Gasteiger partial charge >= 0.3 is 11.7 Å². The lowest BCUT2D eigenvalue weighted by Gasteiger charge is -2.34. The minimum absolute atomic E-state index is 0.0860. The number of aromatic nitrogens is 2. The maximum Gasteiger partial charge on any atom is 0.503 e. The Morgan fingerprint density at radius 1 is 0.415 bits per heavy atom. The fourth-order valence-electron chi connectivity index (χ4n) is 12.3. The number of hydrogen-bond acceptors (Lipinski definition) is 2. The maximum atomic E-state index is 7.03. The predicted octanol–water partition coefficient (Wildman–Crippen LogP) is 16.5. The highest BCUT2D eigenvalue weighted by Crippen LogP contribution is 2.49. The molecule has 1 aliphatic rings. The SMILES string of the molecule is CC(C)(C)c1ccnc(-n2c3ccc([Si](c4ccccc4)(c4ccccc4)c4ccccc4)cc3c3ccc(Oc4cccc([N+]5=C=[N+](c6ccccc6)c6c(-c7c(-c8ccccc8)cccc7-c7ccccc7)cccc65)c4)cc32)c1. The molecule has 14 rings (SSSR count). The first-order valence-corrected chi connectivity index (χ1v) is 30.1. The van der Waals surface area contributed by atoms with Crippen LogP contribution in [-0.4, -0.2) is 23.6 Å². The molecule has 0 unspecified atom stereocenters. The number of fused-ring (bicyclic) bond motifs is 4. The highest BCUT2D eigenvalue weighted by atomic mass is 28.3. The molecule has 0 spiro atoms.